The van der Waals surface area contributed by atoms with Crippen LogP contribution in [0.2, 0.25) is 0 Å². The number of urea groups is 1. The number of benzene rings is 1. The third-order valence-corrected chi connectivity index (χ3v) is 4.67. The molecule has 0 bridgehead atoms. The van der Waals surface area contributed by atoms with Crippen molar-refractivity contribution in [2.45, 2.75) is 43.7 Å². The first-order chi connectivity index (χ1) is 9.77. The quantitative estimate of drug-likeness (QED) is 0.768. The van der Waals surface area contributed by atoms with Gasteiger partial charge >= 0.3 is 6.03 Å². The molecule has 6 nitrogen and oxygen atoms in total. The van der Waals surface area contributed by atoms with Gasteiger partial charge in [0, 0.05) is 6.04 Å². The van der Waals surface area contributed by atoms with Crippen LogP contribution >= 0.6 is 0 Å². The van der Waals surface area contributed by atoms with E-state index in [0.29, 0.717) is 5.92 Å². The molecule has 1 aromatic rings. The first-order valence-electron chi connectivity index (χ1n) is 6.97. The van der Waals surface area contributed by atoms with Crippen molar-refractivity contribution in [3.05, 3.63) is 29.8 Å². The molecule has 1 saturated carbocycles. The maximum Gasteiger partial charge on any atom is 0.315 e. The van der Waals surface area contributed by atoms with Gasteiger partial charge in [-0.2, -0.15) is 0 Å². The lowest BCUT2D eigenvalue weighted by Crippen LogP contribution is -2.42. The number of amides is 2. The zero-order chi connectivity index (χ0) is 15.6. The Morgan fingerprint density at radius 3 is 2.24 bits per heavy atom. The first kappa shape index (κ1) is 15.8. The molecular formula is C14H21N3O3S. The van der Waals surface area contributed by atoms with Crippen molar-refractivity contribution in [1.29, 1.82) is 0 Å². The van der Waals surface area contributed by atoms with Crippen LogP contribution in [0.5, 0.6) is 0 Å². The van der Waals surface area contributed by atoms with Gasteiger partial charge in [-0.3, -0.25) is 0 Å². The summed E-state index contributed by atoms with van der Waals surface area (Å²) >= 11 is 0. The zero-order valence-electron chi connectivity index (χ0n) is 12.2. The van der Waals surface area contributed by atoms with E-state index in [0.717, 1.165) is 5.56 Å². The van der Waals surface area contributed by atoms with Gasteiger partial charge in [0.15, 0.2) is 0 Å². The summed E-state index contributed by atoms with van der Waals surface area (Å²) in [6, 6.07) is 5.93. The molecule has 0 spiro atoms. The topological polar surface area (TPSA) is 101 Å². The zero-order valence-corrected chi connectivity index (χ0v) is 13.0. The lowest BCUT2D eigenvalue weighted by molar-refractivity contribution is 0.233. The predicted octanol–water partition coefficient (Wildman–Crippen LogP) is 1.49. The average Bonchev–Trinajstić information content (AvgIpc) is 3.21. The highest BCUT2D eigenvalue weighted by Gasteiger charge is 2.29. The van der Waals surface area contributed by atoms with Crippen LogP contribution in [-0.4, -0.2) is 20.5 Å². The van der Waals surface area contributed by atoms with E-state index in [4.69, 9.17) is 5.14 Å². The van der Waals surface area contributed by atoms with Gasteiger partial charge in [0.1, 0.15) is 0 Å². The van der Waals surface area contributed by atoms with Gasteiger partial charge in [-0.05, 0) is 50.3 Å². The van der Waals surface area contributed by atoms with Gasteiger partial charge in [0.05, 0.1) is 10.9 Å². The van der Waals surface area contributed by atoms with E-state index in [1.165, 1.54) is 25.0 Å². The minimum absolute atomic E-state index is 0.0604. The van der Waals surface area contributed by atoms with E-state index in [9.17, 15) is 13.2 Å². The predicted molar refractivity (Wildman–Crippen MR) is 80.1 cm³/mol. The highest BCUT2D eigenvalue weighted by molar-refractivity contribution is 7.89. The summed E-state index contributed by atoms with van der Waals surface area (Å²) in [6.45, 7) is 3.84. The minimum Gasteiger partial charge on any atom is -0.335 e. The van der Waals surface area contributed by atoms with Crippen molar-refractivity contribution in [2.24, 2.45) is 11.1 Å². The van der Waals surface area contributed by atoms with Gasteiger partial charge in [-0.25, -0.2) is 18.4 Å². The molecule has 0 aromatic heterocycles. The number of carbonyl (C=O) groups excluding carboxylic acids is 1. The van der Waals surface area contributed by atoms with Crippen LogP contribution in [0.15, 0.2) is 29.2 Å². The van der Waals surface area contributed by atoms with Crippen molar-refractivity contribution in [3.63, 3.8) is 0 Å². The Morgan fingerprint density at radius 2 is 1.76 bits per heavy atom. The molecule has 21 heavy (non-hydrogen) atoms. The number of hydrogen-bond donors (Lipinski definition) is 3. The Labute approximate surface area is 125 Å². The van der Waals surface area contributed by atoms with Crippen LogP contribution in [-0.2, 0) is 10.0 Å². The fourth-order valence-corrected chi connectivity index (χ4v) is 2.70. The van der Waals surface area contributed by atoms with E-state index in [1.54, 1.807) is 12.1 Å². The Balaban J connectivity index is 1.93. The summed E-state index contributed by atoms with van der Waals surface area (Å²) in [5.74, 6) is 0.597. The molecule has 0 radical (unpaired) electrons. The monoisotopic (exact) mass is 311 g/mol. The molecule has 2 rings (SSSR count). The number of carbonyl (C=O) groups is 1. The Morgan fingerprint density at radius 1 is 1.19 bits per heavy atom. The largest absolute Gasteiger partial charge is 0.335 e. The molecule has 1 aromatic carbocycles. The normalized spacial score (nSPS) is 17.9. The van der Waals surface area contributed by atoms with E-state index in [2.05, 4.69) is 10.6 Å². The second-order valence-electron chi connectivity index (χ2n) is 5.58. The molecule has 4 N–H and O–H groups in total. The highest BCUT2D eigenvalue weighted by atomic mass is 32.2. The number of hydrogen-bond acceptors (Lipinski definition) is 3. The van der Waals surface area contributed by atoms with Crippen molar-refractivity contribution >= 4 is 16.1 Å². The van der Waals surface area contributed by atoms with Crippen LogP contribution in [0, 0.1) is 5.92 Å². The second-order valence-corrected chi connectivity index (χ2v) is 7.14. The van der Waals surface area contributed by atoms with E-state index in [-0.39, 0.29) is 23.0 Å². The van der Waals surface area contributed by atoms with Crippen LogP contribution in [0.3, 0.4) is 0 Å². The van der Waals surface area contributed by atoms with Gasteiger partial charge in [0.25, 0.3) is 0 Å². The first-order valence-corrected chi connectivity index (χ1v) is 8.52. The maximum atomic E-state index is 11.9. The molecule has 0 saturated heterocycles. The highest BCUT2D eigenvalue weighted by Crippen LogP contribution is 2.32. The third kappa shape index (κ3) is 4.44. The van der Waals surface area contributed by atoms with Gasteiger partial charge < -0.3 is 10.6 Å². The number of nitrogens with two attached hydrogens (primary N) is 1. The van der Waals surface area contributed by atoms with Gasteiger partial charge in [0.2, 0.25) is 10.0 Å². The lowest BCUT2D eigenvalue weighted by atomic mass is 10.1. The summed E-state index contributed by atoms with van der Waals surface area (Å²) in [4.78, 5) is 11.9. The summed E-state index contributed by atoms with van der Waals surface area (Å²) in [6.07, 6.45) is 2.35. The second kappa shape index (κ2) is 6.03. The van der Waals surface area contributed by atoms with E-state index in [1.807, 2.05) is 13.8 Å². The van der Waals surface area contributed by atoms with E-state index >= 15 is 0 Å². The molecule has 2 amide bonds. The number of sulfonamides is 1. The fourth-order valence-electron chi connectivity index (χ4n) is 2.19. The van der Waals surface area contributed by atoms with Crippen molar-refractivity contribution < 1.29 is 13.2 Å². The Kier molecular flexibility index (Phi) is 4.53. The molecular weight excluding hydrogens is 290 g/mol. The van der Waals surface area contributed by atoms with E-state index < -0.39 is 10.0 Å². The standard InChI is InChI=1S/C14H21N3O3S/c1-9(11-3-4-11)16-14(18)17-10(2)12-5-7-13(8-6-12)21(15,19)20/h5-11H,3-4H2,1-2H3,(H2,15,19,20)(H2,16,17,18)/t9-,10+/m0/s1. The molecule has 2 atom stereocenters. The third-order valence-electron chi connectivity index (χ3n) is 3.74. The molecule has 1 aliphatic rings. The number of primary sulfonamides is 1. The summed E-state index contributed by atoms with van der Waals surface area (Å²) in [7, 11) is -3.69. The number of nitrogens with one attached hydrogen (secondary N) is 2. The molecule has 116 valence electrons. The molecule has 0 aliphatic heterocycles. The summed E-state index contributed by atoms with van der Waals surface area (Å²) in [5.41, 5.74) is 0.816. The van der Waals surface area contributed by atoms with Crippen molar-refractivity contribution in [3.8, 4) is 0 Å². The summed E-state index contributed by atoms with van der Waals surface area (Å²) in [5, 5.41) is 10.8. The number of rotatable bonds is 5. The molecule has 7 heteroatoms. The van der Waals surface area contributed by atoms with Crippen LogP contribution in [0.1, 0.15) is 38.3 Å². The molecule has 1 aliphatic carbocycles. The molecule has 0 heterocycles. The smallest absolute Gasteiger partial charge is 0.315 e. The van der Waals surface area contributed by atoms with Gasteiger partial charge in [-0.1, -0.05) is 12.1 Å². The van der Waals surface area contributed by atoms with Crippen LogP contribution in [0.25, 0.3) is 0 Å². The molecule has 0 unspecified atom stereocenters. The Hall–Kier alpha value is -1.60. The van der Waals surface area contributed by atoms with Crippen molar-refractivity contribution in [2.75, 3.05) is 0 Å². The average molecular weight is 311 g/mol. The maximum absolute atomic E-state index is 11.9. The van der Waals surface area contributed by atoms with Crippen molar-refractivity contribution in [1.82, 2.24) is 10.6 Å². The van der Waals surface area contributed by atoms with Crippen LogP contribution in [0.4, 0.5) is 4.79 Å². The Bertz CT molecular complexity index is 609. The summed E-state index contributed by atoms with van der Waals surface area (Å²) < 4.78 is 22.4. The SMILES string of the molecule is C[C@H](NC(=O)N[C@H](C)c1ccc(S(N)(=O)=O)cc1)C1CC1. The van der Waals surface area contributed by atoms with Crippen LogP contribution < -0.4 is 15.8 Å². The minimum atomic E-state index is -3.69. The lowest BCUT2D eigenvalue weighted by Gasteiger charge is -2.18. The fraction of sp³-hybridized carbons (Fsp3) is 0.500. The molecule has 1 fully saturated rings. The van der Waals surface area contributed by atoms with Gasteiger partial charge in [-0.15, -0.1) is 0 Å².